The van der Waals surface area contributed by atoms with Gasteiger partial charge in [-0.05, 0) is 31.4 Å². The van der Waals surface area contributed by atoms with Crippen molar-refractivity contribution in [2.24, 2.45) is 0 Å². The standard InChI is InChI=1S/C12H16N2O3/c15-12(16)11-7-9(4-5-13-11)14-8-10-3-1-2-6-17-10/h4-5,7,10H,1-3,6,8H2,(H,13,14)(H,15,16). The average Bonchev–Trinajstić information content (AvgIpc) is 2.38. The number of carboxylic acids is 1. The van der Waals surface area contributed by atoms with Crippen LogP contribution in [0.5, 0.6) is 0 Å². The van der Waals surface area contributed by atoms with Gasteiger partial charge in [0.05, 0.1) is 6.10 Å². The van der Waals surface area contributed by atoms with Gasteiger partial charge in [-0.2, -0.15) is 0 Å². The van der Waals surface area contributed by atoms with Gasteiger partial charge in [0, 0.05) is 25.0 Å². The van der Waals surface area contributed by atoms with Crippen molar-refractivity contribution < 1.29 is 14.6 Å². The number of hydrogen-bond acceptors (Lipinski definition) is 4. The Balaban J connectivity index is 1.89. The Morgan fingerprint density at radius 2 is 2.47 bits per heavy atom. The minimum absolute atomic E-state index is 0.0552. The fraction of sp³-hybridized carbons (Fsp3) is 0.500. The van der Waals surface area contributed by atoms with Crippen molar-refractivity contribution in [2.75, 3.05) is 18.5 Å². The number of aromatic nitrogens is 1. The molecule has 1 aliphatic rings. The van der Waals surface area contributed by atoms with Crippen molar-refractivity contribution in [1.29, 1.82) is 0 Å². The lowest BCUT2D eigenvalue weighted by molar-refractivity contribution is 0.0247. The van der Waals surface area contributed by atoms with Gasteiger partial charge in [-0.3, -0.25) is 0 Å². The van der Waals surface area contributed by atoms with E-state index in [4.69, 9.17) is 9.84 Å². The van der Waals surface area contributed by atoms with E-state index in [0.717, 1.165) is 25.1 Å². The van der Waals surface area contributed by atoms with E-state index in [1.165, 1.54) is 18.7 Å². The number of aromatic carboxylic acids is 1. The molecule has 0 amide bonds. The second-order valence-electron chi connectivity index (χ2n) is 4.10. The van der Waals surface area contributed by atoms with Crippen LogP contribution in [0, 0.1) is 0 Å². The van der Waals surface area contributed by atoms with Crippen LogP contribution in [-0.4, -0.2) is 35.3 Å². The number of hydrogen-bond donors (Lipinski definition) is 2. The van der Waals surface area contributed by atoms with Crippen LogP contribution in [0.15, 0.2) is 18.3 Å². The molecule has 0 saturated carbocycles. The highest BCUT2D eigenvalue weighted by atomic mass is 16.5. The van der Waals surface area contributed by atoms with E-state index >= 15 is 0 Å². The van der Waals surface area contributed by atoms with Gasteiger partial charge in [0.25, 0.3) is 0 Å². The third-order valence-electron chi connectivity index (χ3n) is 2.79. The summed E-state index contributed by atoms with van der Waals surface area (Å²) in [5.74, 6) is -1.01. The lowest BCUT2D eigenvalue weighted by atomic mass is 10.1. The third-order valence-corrected chi connectivity index (χ3v) is 2.79. The normalized spacial score (nSPS) is 19.9. The van der Waals surface area contributed by atoms with E-state index in [1.54, 1.807) is 6.07 Å². The zero-order valence-corrected chi connectivity index (χ0v) is 9.56. The Labute approximate surface area is 99.8 Å². The molecule has 0 bridgehead atoms. The van der Waals surface area contributed by atoms with E-state index < -0.39 is 5.97 Å². The van der Waals surface area contributed by atoms with Crippen LogP contribution in [-0.2, 0) is 4.74 Å². The highest BCUT2D eigenvalue weighted by Gasteiger charge is 2.13. The second-order valence-corrected chi connectivity index (χ2v) is 4.10. The number of nitrogens with zero attached hydrogens (tertiary/aromatic N) is 1. The summed E-state index contributed by atoms with van der Waals surface area (Å²) in [7, 11) is 0. The van der Waals surface area contributed by atoms with Crippen LogP contribution >= 0.6 is 0 Å². The molecule has 1 aliphatic heterocycles. The molecule has 1 aromatic heterocycles. The Kier molecular flexibility index (Phi) is 3.93. The van der Waals surface area contributed by atoms with Gasteiger partial charge in [-0.15, -0.1) is 0 Å². The van der Waals surface area contributed by atoms with Gasteiger partial charge in [-0.25, -0.2) is 9.78 Å². The molecule has 2 heterocycles. The molecule has 0 radical (unpaired) electrons. The zero-order valence-electron chi connectivity index (χ0n) is 9.56. The monoisotopic (exact) mass is 236 g/mol. The first-order chi connectivity index (χ1) is 8.25. The molecule has 0 aromatic carbocycles. The molecule has 1 fully saturated rings. The smallest absolute Gasteiger partial charge is 0.354 e. The van der Waals surface area contributed by atoms with E-state index in [0.29, 0.717) is 6.54 Å². The molecule has 17 heavy (non-hydrogen) atoms. The van der Waals surface area contributed by atoms with Crippen LogP contribution in [0.1, 0.15) is 29.8 Å². The highest BCUT2D eigenvalue weighted by molar-refractivity contribution is 5.86. The summed E-state index contributed by atoms with van der Waals surface area (Å²) >= 11 is 0. The first-order valence-corrected chi connectivity index (χ1v) is 5.80. The molecule has 1 aromatic rings. The van der Waals surface area contributed by atoms with Crippen LogP contribution < -0.4 is 5.32 Å². The van der Waals surface area contributed by atoms with Crippen molar-refractivity contribution in [3.63, 3.8) is 0 Å². The van der Waals surface area contributed by atoms with Crippen molar-refractivity contribution >= 4 is 11.7 Å². The molecule has 2 N–H and O–H groups in total. The van der Waals surface area contributed by atoms with Gasteiger partial charge in [0.1, 0.15) is 5.69 Å². The molecule has 92 valence electrons. The number of anilines is 1. The van der Waals surface area contributed by atoms with Gasteiger partial charge in [0.2, 0.25) is 0 Å². The lowest BCUT2D eigenvalue weighted by Crippen LogP contribution is -2.27. The summed E-state index contributed by atoms with van der Waals surface area (Å²) < 4.78 is 5.58. The van der Waals surface area contributed by atoms with Gasteiger partial charge in [0.15, 0.2) is 0 Å². The number of pyridine rings is 1. The predicted molar refractivity (Wildman–Crippen MR) is 63.3 cm³/mol. The number of carbonyl (C=O) groups is 1. The summed E-state index contributed by atoms with van der Waals surface area (Å²) in [6.07, 6.45) is 5.11. The minimum atomic E-state index is -1.01. The maximum absolute atomic E-state index is 10.7. The summed E-state index contributed by atoms with van der Waals surface area (Å²) in [5.41, 5.74) is 0.825. The molecule has 0 spiro atoms. The number of nitrogens with one attached hydrogen (secondary N) is 1. The van der Waals surface area contributed by atoms with Gasteiger partial charge < -0.3 is 15.2 Å². The number of carboxylic acid groups (broad SMARTS) is 1. The summed E-state index contributed by atoms with van der Waals surface area (Å²) in [6, 6.07) is 3.29. The third kappa shape index (κ3) is 3.42. The fourth-order valence-corrected chi connectivity index (χ4v) is 1.86. The molecule has 1 unspecified atom stereocenters. The summed E-state index contributed by atoms with van der Waals surface area (Å²) in [4.78, 5) is 14.5. The molecule has 1 saturated heterocycles. The van der Waals surface area contributed by atoms with Gasteiger partial charge in [-0.1, -0.05) is 0 Å². The Morgan fingerprint density at radius 1 is 1.59 bits per heavy atom. The lowest BCUT2D eigenvalue weighted by Gasteiger charge is -2.23. The molecule has 0 aliphatic carbocycles. The van der Waals surface area contributed by atoms with Crippen molar-refractivity contribution in [3.05, 3.63) is 24.0 Å². The maximum Gasteiger partial charge on any atom is 0.354 e. The van der Waals surface area contributed by atoms with Crippen LogP contribution in [0.4, 0.5) is 5.69 Å². The number of ether oxygens (including phenoxy) is 1. The first kappa shape index (κ1) is 11.9. The van der Waals surface area contributed by atoms with Crippen molar-refractivity contribution in [3.8, 4) is 0 Å². The fourth-order valence-electron chi connectivity index (χ4n) is 1.86. The quantitative estimate of drug-likeness (QED) is 0.833. The SMILES string of the molecule is O=C(O)c1cc(NCC2CCCCO2)ccn1. The van der Waals surface area contributed by atoms with Crippen LogP contribution in [0.25, 0.3) is 0 Å². The van der Waals surface area contributed by atoms with E-state index in [2.05, 4.69) is 10.3 Å². The second kappa shape index (κ2) is 5.63. The first-order valence-electron chi connectivity index (χ1n) is 5.80. The Morgan fingerprint density at radius 3 is 3.18 bits per heavy atom. The van der Waals surface area contributed by atoms with Crippen molar-refractivity contribution in [1.82, 2.24) is 4.98 Å². The zero-order chi connectivity index (χ0) is 12.1. The molecule has 5 nitrogen and oxygen atoms in total. The van der Waals surface area contributed by atoms with Crippen LogP contribution in [0.2, 0.25) is 0 Å². The summed E-state index contributed by atoms with van der Waals surface area (Å²) in [5, 5.41) is 12.0. The largest absolute Gasteiger partial charge is 0.477 e. The predicted octanol–water partition coefficient (Wildman–Crippen LogP) is 1.76. The molecule has 2 rings (SSSR count). The molecule has 5 heteroatoms. The summed E-state index contributed by atoms with van der Waals surface area (Å²) in [6.45, 7) is 1.53. The maximum atomic E-state index is 10.7. The van der Waals surface area contributed by atoms with E-state index in [9.17, 15) is 4.79 Å². The molecular weight excluding hydrogens is 220 g/mol. The minimum Gasteiger partial charge on any atom is -0.477 e. The van der Waals surface area contributed by atoms with E-state index in [1.807, 2.05) is 0 Å². The number of rotatable bonds is 4. The van der Waals surface area contributed by atoms with Gasteiger partial charge >= 0.3 is 5.97 Å². The molecular formula is C12H16N2O3. The Bertz CT molecular complexity index is 389. The average molecular weight is 236 g/mol. The van der Waals surface area contributed by atoms with Crippen LogP contribution in [0.3, 0.4) is 0 Å². The van der Waals surface area contributed by atoms with E-state index in [-0.39, 0.29) is 11.8 Å². The Hall–Kier alpha value is -1.62. The highest BCUT2D eigenvalue weighted by Crippen LogP contribution is 2.14. The van der Waals surface area contributed by atoms with Crippen molar-refractivity contribution in [2.45, 2.75) is 25.4 Å². The molecule has 1 atom stereocenters. The topological polar surface area (TPSA) is 71.5 Å².